The first kappa shape index (κ1) is 24.7. The lowest BCUT2D eigenvalue weighted by Gasteiger charge is -2.26. The van der Waals surface area contributed by atoms with Crippen molar-refractivity contribution in [3.05, 3.63) is 35.4 Å². The van der Waals surface area contributed by atoms with Gasteiger partial charge in [-0.25, -0.2) is 0 Å². The lowest BCUT2D eigenvalue weighted by atomic mass is 10.1. The Hall–Kier alpha value is -1.35. The van der Waals surface area contributed by atoms with Crippen LogP contribution in [-0.4, -0.2) is 80.4 Å². The minimum Gasteiger partial charge on any atom is -0.356 e. The number of halogens is 1. The molecule has 1 aromatic rings. The molecule has 1 amide bonds. The van der Waals surface area contributed by atoms with Crippen LogP contribution in [0.4, 0.5) is 0 Å². The van der Waals surface area contributed by atoms with Crippen molar-refractivity contribution in [2.24, 2.45) is 4.99 Å². The first-order chi connectivity index (χ1) is 12.9. The summed E-state index contributed by atoms with van der Waals surface area (Å²) in [5, 5.41) is 3.45. The molecule has 1 saturated heterocycles. The van der Waals surface area contributed by atoms with Crippen molar-refractivity contribution in [2.75, 3.05) is 47.8 Å². The van der Waals surface area contributed by atoms with Crippen LogP contribution in [0.3, 0.4) is 0 Å². The monoisotopic (exact) mass is 501 g/mol. The number of nitrogens with zero attached hydrogens (tertiary/aromatic N) is 4. The normalized spacial score (nSPS) is 17.2. The Morgan fingerprint density at radius 3 is 2.54 bits per heavy atom. The molecule has 1 fully saturated rings. The highest BCUT2D eigenvalue weighted by Crippen LogP contribution is 2.18. The molecule has 1 aromatic carbocycles. The van der Waals surface area contributed by atoms with Crippen LogP contribution in [0.15, 0.2) is 29.3 Å². The number of hydrogen-bond acceptors (Lipinski definition) is 3. The van der Waals surface area contributed by atoms with Gasteiger partial charge in [-0.05, 0) is 38.3 Å². The van der Waals surface area contributed by atoms with Gasteiger partial charge in [0.1, 0.15) is 0 Å². The average molecular weight is 501 g/mol. The average Bonchev–Trinajstić information content (AvgIpc) is 3.11. The Balaban J connectivity index is 0.00000392. The van der Waals surface area contributed by atoms with Crippen molar-refractivity contribution in [3.8, 4) is 0 Å². The highest BCUT2D eigenvalue weighted by molar-refractivity contribution is 14.0. The predicted molar refractivity (Wildman–Crippen MR) is 127 cm³/mol. The van der Waals surface area contributed by atoms with Gasteiger partial charge in [0, 0.05) is 47.8 Å². The summed E-state index contributed by atoms with van der Waals surface area (Å²) in [4.78, 5) is 22.8. The molecule has 1 unspecified atom stereocenters. The van der Waals surface area contributed by atoms with Gasteiger partial charge in [0.15, 0.2) is 5.96 Å². The van der Waals surface area contributed by atoms with E-state index in [0.29, 0.717) is 0 Å². The Kier molecular flexibility index (Phi) is 10.8. The van der Waals surface area contributed by atoms with Gasteiger partial charge in [-0.3, -0.25) is 14.7 Å². The molecule has 1 aliphatic rings. The Bertz CT molecular complexity index is 632. The molecule has 28 heavy (non-hydrogen) atoms. The van der Waals surface area contributed by atoms with E-state index >= 15 is 0 Å². The van der Waals surface area contributed by atoms with E-state index in [1.165, 1.54) is 11.1 Å². The van der Waals surface area contributed by atoms with E-state index in [0.717, 1.165) is 51.4 Å². The van der Waals surface area contributed by atoms with Crippen LogP contribution < -0.4 is 5.32 Å². The van der Waals surface area contributed by atoms with Crippen LogP contribution in [0.2, 0.25) is 0 Å². The fourth-order valence-corrected chi connectivity index (χ4v) is 3.58. The molecule has 0 spiro atoms. The van der Waals surface area contributed by atoms with E-state index in [1.54, 1.807) is 4.90 Å². The fraction of sp³-hybridized carbons (Fsp3) is 0.619. The Labute approximate surface area is 187 Å². The van der Waals surface area contributed by atoms with Gasteiger partial charge < -0.3 is 15.1 Å². The number of likely N-dealkylation sites (tertiary alicyclic amines) is 1. The van der Waals surface area contributed by atoms with Gasteiger partial charge in [0.25, 0.3) is 0 Å². The van der Waals surface area contributed by atoms with E-state index in [2.05, 4.69) is 58.3 Å². The van der Waals surface area contributed by atoms with Crippen molar-refractivity contribution < 1.29 is 4.79 Å². The second-order valence-electron chi connectivity index (χ2n) is 7.60. The van der Waals surface area contributed by atoms with Crippen LogP contribution in [0.1, 0.15) is 30.4 Å². The molecule has 2 rings (SSSR count). The molecule has 0 radical (unpaired) electrons. The number of amides is 1. The zero-order valence-electron chi connectivity index (χ0n) is 17.9. The topological polar surface area (TPSA) is 51.2 Å². The molecule has 7 heteroatoms. The van der Waals surface area contributed by atoms with E-state index < -0.39 is 0 Å². The molecule has 0 aliphatic carbocycles. The maximum absolute atomic E-state index is 12.3. The number of carbonyl (C=O) groups excluding carboxylic acids is 1. The minimum absolute atomic E-state index is 0. The smallest absolute Gasteiger partial charge is 0.239 e. The van der Waals surface area contributed by atoms with E-state index in [1.807, 2.05) is 21.1 Å². The lowest BCUT2D eigenvalue weighted by molar-refractivity contribution is -0.133. The van der Waals surface area contributed by atoms with Crippen LogP contribution in [0.5, 0.6) is 0 Å². The number of guanidine groups is 1. The molecular formula is C21H36IN5O. The minimum atomic E-state index is 0. The third-order valence-corrected chi connectivity index (χ3v) is 5.11. The number of likely N-dealkylation sites (N-methyl/N-ethyl adjacent to an activating group) is 1. The standard InChI is InChI=1S/C21H35N5O.HI/c1-17-9-11-18(12-10-17)16-25(5)21(22-2)23-13-7-15-26-14-6-8-19(26)20(27)24(3)4;/h9-12,19H,6-8,13-16H2,1-5H3,(H,22,23);1H. The van der Waals surface area contributed by atoms with Gasteiger partial charge in [-0.1, -0.05) is 29.8 Å². The third-order valence-electron chi connectivity index (χ3n) is 5.11. The summed E-state index contributed by atoms with van der Waals surface area (Å²) in [6.45, 7) is 5.74. The van der Waals surface area contributed by atoms with Gasteiger partial charge in [0.2, 0.25) is 5.91 Å². The van der Waals surface area contributed by atoms with Crippen molar-refractivity contribution in [3.63, 3.8) is 0 Å². The van der Waals surface area contributed by atoms with Crippen molar-refractivity contribution in [1.29, 1.82) is 0 Å². The highest BCUT2D eigenvalue weighted by atomic mass is 127. The second kappa shape index (κ2) is 12.3. The molecule has 0 aromatic heterocycles. The number of aryl methyl sites for hydroxylation is 1. The van der Waals surface area contributed by atoms with Gasteiger partial charge in [-0.2, -0.15) is 0 Å². The molecule has 0 saturated carbocycles. The molecule has 6 nitrogen and oxygen atoms in total. The SMILES string of the molecule is CN=C(NCCCN1CCCC1C(=O)N(C)C)N(C)Cc1ccc(C)cc1.I. The molecule has 1 atom stereocenters. The summed E-state index contributed by atoms with van der Waals surface area (Å²) in [6.07, 6.45) is 3.08. The van der Waals surface area contributed by atoms with Gasteiger partial charge in [0.05, 0.1) is 6.04 Å². The third kappa shape index (κ3) is 7.24. The number of benzene rings is 1. The maximum Gasteiger partial charge on any atom is 0.239 e. The first-order valence-corrected chi connectivity index (χ1v) is 9.85. The number of rotatable bonds is 7. The summed E-state index contributed by atoms with van der Waals surface area (Å²) in [5.74, 6) is 1.13. The van der Waals surface area contributed by atoms with Crippen molar-refractivity contribution >= 4 is 35.8 Å². The Morgan fingerprint density at radius 2 is 1.93 bits per heavy atom. The van der Waals surface area contributed by atoms with Crippen LogP contribution in [0, 0.1) is 6.92 Å². The molecular weight excluding hydrogens is 465 g/mol. The van der Waals surface area contributed by atoms with Crippen LogP contribution in [0.25, 0.3) is 0 Å². The molecule has 0 bridgehead atoms. The van der Waals surface area contributed by atoms with Crippen LogP contribution in [-0.2, 0) is 11.3 Å². The Morgan fingerprint density at radius 1 is 1.25 bits per heavy atom. The van der Waals surface area contributed by atoms with E-state index in [4.69, 9.17) is 0 Å². The zero-order valence-corrected chi connectivity index (χ0v) is 20.3. The number of hydrogen-bond donors (Lipinski definition) is 1. The molecule has 158 valence electrons. The van der Waals surface area contributed by atoms with Crippen LogP contribution >= 0.6 is 24.0 Å². The molecule has 1 aliphatic heterocycles. The predicted octanol–water partition coefficient (Wildman–Crippen LogP) is 2.56. The summed E-state index contributed by atoms with van der Waals surface area (Å²) >= 11 is 0. The van der Waals surface area contributed by atoms with Crippen molar-refractivity contribution in [2.45, 2.75) is 38.8 Å². The largest absolute Gasteiger partial charge is 0.356 e. The highest BCUT2D eigenvalue weighted by Gasteiger charge is 2.30. The number of aliphatic imine (C=N–C) groups is 1. The summed E-state index contributed by atoms with van der Waals surface area (Å²) in [5.41, 5.74) is 2.55. The summed E-state index contributed by atoms with van der Waals surface area (Å²) < 4.78 is 0. The zero-order chi connectivity index (χ0) is 19.8. The fourth-order valence-electron chi connectivity index (χ4n) is 3.58. The lowest BCUT2D eigenvalue weighted by Crippen LogP contribution is -2.44. The van der Waals surface area contributed by atoms with E-state index in [-0.39, 0.29) is 35.9 Å². The summed E-state index contributed by atoms with van der Waals surface area (Å²) in [6, 6.07) is 8.66. The molecule has 1 N–H and O–H groups in total. The second-order valence-corrected chi connectivity index (χ2v) is 7.60. The quantitative estimate of drug-likeness (QED) is 0.270. The van der Waals surface area contributed by atoms with Gasteiger partial charge >= 0.3 is 0 Å². The first-order valence-electron chi connectivity index (χ1n) is 9.85. The number of nitrogens with one attached hydrogen (secondary N) is 1. The number of carbonyl (C=O) groups is 1. The van der Waals surface area contributed by atoms with Gasteiger partial charge in [-0.15, -0.1) is 24.0 Å². The van der Waals surface area contributed by atoms with Crippen molar-refractivity contribution in [1.82, 2.24) is 20.0 Å². The van der Waals surface area contributed by atoms with E-state index in [9.17, 15) is 4.79 Å². The summed E-state index contributed by atoms with van der Waals surface area (Å²) in [7, 11) is 7.56. The molecule has 1 heterocycles. The maximum atomic E-state index is 12.3.